The molecule has 0 aliphatic rings. The maximum absolute atomic E-state index is 5.89. The summed E-state index contributed by atoms with van der Waals surface area (Å²) in [4.78, 5) is 0. The van der Waals surface area contributed by atoms with Gasteiger partial charge in [0.2, 0.25) is 5.75 Å². The Bertz CT molecular complexity index is 342. The standard InChI is InChI=1S/C12H18ClNO3/c1-14-9(7-13)8-5-10(15-2)12(17-4)11(6-8)16-3/h5-6,9,14H,7H2,1-4H3. The highest BCUT2D eigenvalue weighted by Crippen LogP contribution is 2.39. The number of nitrogens with one attached hydrogen (secondary N) is 1. The van der Waals surface area contributed by atoms with Crippen LogP contribution in [0.2, 0.25) is 0 Å². The Kier molecular flexibility index (Phi) is 5.38. The third-order valence-corrected chi connectivity index (χ3v) is 2.90. The predicted octanol–water partition coefficient (Wildman–Crippen LogP) is 2.21. The average Bonchev–Trinajstić information content (AvgIpc) is 2.38. The van der Waals surface area contributed by atoms with Crippen molar-refractivity contribution < 1.29 is 14.2 Å². The predicted molar refractivity (Wildman–Crippen MR) is 68.6 cm³/mol. The summed E-state index contributed by atoms with van der Waals surface area (Å²) in [6.07, 6.45) is 0. The SMILES string of the molecule is CNC(CCl)c1cc(OC)c(OC)c(OC)c1. The molecule has 4 nitrogen and oxygen atoms in total. The fourth-order valence-corrected chi connectivity index (χ4v) is 1.97. The minimum atomic E-state index is 0.0466. The Morgan fingerprint density at radius 1 is 1.12 bits per heavy atom. The van der Waals surface area contributed by atoms with Crippen LogP contribution in [-0.2, 0) is 0 Å². The first-order chi connectivity index (χ1) is 8.21. The van der Waals surface area contributed by atoms with E-state index in [1.54, 1.807) is 21.3 Å². The Morgan fingerprint density at radius 2 is 1.65 bits per heavy atom. The Labute approximate surface area is 107 Å². The first-order valence-electron chi connectivity index (χ1n) is 5.24. The van der Waals surface area contributed by atoms with Crippen LogP contribution in [0, 0.1) is 0 Å². The normalized spacial score (nSPS) is 12.1. The monoisotopic (exact) mass is 259 g/mol. The Balaban J connectivity index is 3.26. The molecule has 0 saturated carbocycles. The largest absolute Gasteiger partial charge is 0.493 e. The van der Waals surface area contributed by atoms with Crippen LogP contribution < -0.4 is 19.5 Å². The minimum Gasteiger partial charge on any atom is -0.493 e. The van der Waals surface area contributed by atoms with Gasteiger partial charge in [0.15, 0.2) is 11.5 Å². The summed E-state index contributed by atoms with van der Waals surface area (Å²) in [5.74, 6) is 2.32. The van der Waals surface area contributed by atoms with E-state index in [2.05, 4.69) is 5.32 Å². The molecule has 0 spiro atoms. The number of rotatable bonds is 6. The Hall–Kier alpha value is -1.13. The molecule has 1 unspecified atom stereocenters. The van der Waals surface area contributed by atoms with Crippen molar-refractivity contribution in [1.29, 1.82) is 0 Å². The van der Waals surface area contributed by atoms with Gasteiger partial charge in [-0.3, -0.25) is 0 Å². The molecular weight excluding hydrogens is 242 g/mol. The molecule has 5 heteroatoms. The summed E-state index contributed by atoms with van der Waals surface area (Å²) in [7, 11) is 6.62. The fourth-order valence-electron chi connectivity index (χ4n) is 1.64. The van der Waals surface area contributed by atoms with E-state index in [0.29, 0.717) is 23.1 Å². The van der Waals surface area contributed by atoms with Gasteiger partial charge in [-0.05, 0) is 24.7 Å². The first kappa shape index (κ1) is 13.9. The molecule has 0 amide bonds. The molecule has 0 aromatic heterocycles. The zero-order valence-corrected chi connectivity index (χ0v) is 11.3. The number of hydrogen-bond acceptors (Lipinski definition) is 4. The number of alkyl halides is 1. The van der Waals surface area contributed by atoms with Crippen LogP contribution in [0.5, 0.6) is 17.2 Å². The van der Waals surface area contributed by atoms with Gasteiger partial charge in [-0.2, -0.15) is 0 Å². The average molecular weight is 260 g/mol. The van der Waals surface area contributed by atoms with Crippen LogP contribution in [0.15, 0.2) is 12.1 Å². The number of methoxy groups -OCH3 is 3. The lowest BCUT2D eigenvalue weighted by molar-refractivity contribution is 0.323. The van der Waals surface area contributed by atoms with Crippen LogP contribution in [0.25, 0.3) is 0 Å². The van der Waals surface area contributed by atoms with Gasteiger partial charge in [0.1, 0.15) is 0 Å². The van der Waals surface area contributed by atoms with Gasteiger partial charge in [0.05, 0.1) is 21.3 Å². The second-order valence-electron chi connectivity index (χ2n) is 3.45. The van der Waals surface area contributed by atoms with Gasteiger partial charge < -0.3 is 19.5 Å². The van der Waals surface area contributed by atoms with Crippen molar-refractivity contribution in [2.75, 3.05) is 34.3 Å². The molecule has 0 bridgehead atoms. The molecule has 0 aliphatic heterocycles. The van der Waals surface area contributed by atoms with Gasteiger partial charge in [0.25, 0.3) is 0 Å². The van der Waals surface area contributed by atoms with E-state index in [4.69, 9.17) is 25.8 Å². The third-order valence-electron chi connectivity index (χ3n) is 2.59. The van der Waals surface area contributed by atoms with E-state index >= 15 is 0 Å². The molecule has 0 heterocycles. The number of benzene rings is 1. The van der Waals surface area contributed by atoms with Crippen molar-refractivity contribution in [2.45, 2.75) is 6.04 Å². The summed E-state index contributed by atoms with van der Waals surface area (Å²) in [5, 5.41) is 3.12. The lowest BCUT2D eigenvalue weighted by Gasteiger charge is -2.18. The van der Waals surface area contributed by atoms with Crippen LogP contribution >= 0.6 is 11.6 Å². The van der Waals surface area contributed by atoms with E-state index in [-0.39, 0.29) is 6.04 Å². The summed E-state index contributed by atoms with van der Waals surface area (Å²) in [6, 6.07) is 3.83. The van der Waals surface area contributed by atoms with Crippen molar-refractivity contribution >= 4 is 11.6 Å². The molecule has 1 aromatic carbocycles. The van der Waals surface area contributed by atoms with E-state index in [1.807, 2.05) is 19.2 Å². The summed E-state index contributed by atoms with van der Waals surface area (Å²) < 4.78 is 15.8. The zero-order chi connectivity index (χ0) is 12.8. The topological polar surface area (TPSA) is 39.7 Å². The Morgan fingerprint density at radius 3 is 1.94 bits per heavy atom. The maximum atomic E-state index is 5.89. The lowest BCUT2D eigenvalue weighted by Crippen LogP contribution is -2.18. The molecular formula is C12H18ClNO3. The summed E-state index contributed by atoms with van der Waals surface area (Å²) in [6.45, 7) is 0. The minimum absolute atomic E-state index is 0.0466. The quantitative estimate of drug-likeness (QED) is 0.796. The molecule has 0 saturated heterocycles. The molecule has 17 heavy (non-hydrogen) atoms. The molecule has 1 atom stereocenters. The van der Waals surface area contributed by atoms with Crippen molar-refractivity contribution in [3.05, 3.63) is 17.7 Å². The highest BCUT2D eigenvalue weighted by atomic mass is 35.5. The van der Waals surface area contributed by atoms with E-state index < -0.39 is 0 Å². The second kappa shape index (κ2) is 6.57. The second-order valence-corrected chi connectivity index (χ2v) is 3.76. The number of halogens is 1. The van der Waals surface area contributed by atoms with Crippen LogP contribution in [0.1, 0.15) is 11.6 Å². The molecule has 1 rings (SSSR count). The smallest absolute Gasteiger partial charge is 0.203 e. The van der Waals surface area contributed by atoms with E-state index in [1.165, 1.54) is 0 Å². The molecule has 0 radical (unpaired) electrons. The van der Waals surface area contributed by atoms with Crippen molar-refractivity contribution in [3.63, 3.8) is 0 Å². The van der Waals surface area contributed by atoms with Gasteiger partial charge in [-0.15, -0.1) is 11.6 Å². The highest BCUT2D eigenvalue weighted by Gasteiger charge is 2.17. The van der Waals surface area contributed by atoms with E-state index in [9.17, 15) is 0 Å². The summed E-state index contributed by atoms with van der Waals surface area (Å²) >= 11 is 5.89. The zero-order valence-electron chi connectivity index (χ0n) is 10.5. The van der Waals surface area contributed by atoms with Crippen molar-refractivity contribution in [3.8, 4) is 17.2 Å². The van der Waals surface area contributed by atoms with Gasteiger partial charge >= 0.3 is 0 Å². The molecule has 96 valence electrons. The molecule has 0 aliphatic carbocycles. The van der Waals surface area contributed by atoms with Crippen LogP contribution in [0.4, 0.5) is 0 Å². The lowest BCUT2D eigenvalue weighted by atomic mass is 10.1. The summed E-state index contributed by atoms with van der Waals surface area (Å²) in [5.41, 5.74) is 0.997. The number of hydrogen-bond donors (Lipinski definition) is 1. The van der Waals surface area contributed by atoms with Gasteiger partial charge in [-0.25, -0.2) is 0 Å². The molecule has 0 fully saturated rings. The van der Waals surface area contributed by atoms with Crippen molar-refractivity contribution in [2.24, 2.45) is 0 Å². The maximum Gasteiger partial charge on any atom is 0.203 e. The van der Waals surface area contributed by atoms with Crippen LogP contribution in [0.3, 0.4) is 0 Å². The number of ether oxygens (including phenoxy) is 3. The first-order valence-corrected chi connectivity index (χ1v) is 5.78. The fraction of sp³-hybridized carbons (Fsp3) is 0.500. The molecule has 1 aromatic rings. The van der Waals surface area contributed by atoms with Gasteiger partial charge in [-0.1, -0.05) is 0 Å². The van der Waals surface area contributed by atoms with Crippen molar-refractivity contribution in [1.82, 2.24) is 5.32 Å². The van der Waals surface area contributed by atoms with E-state index in [0.717, 1.165) is 5.56 Å². The van der Waals surface area contributed by atoms with Crippen LogP contribution in [-0.4, -0.2) is 34.3 Å². The molecule has 1 N–H and O–H groups in total. The highest BCUT2D eigenvalue weighted by molar-refractivity contribution is 6.18. The van der Waals surface area contributed by atoms with Gasteiger partial charge in [0, 0.05) is 11.9 Å². The third kappa shape index (κ3) is 2.96.